The van der Waals surface area contributed by atoms with Gasteiger partial charge in [0.2, 0.25) is 0 Å². The van der Waals surface area contributed by atoms with Gasteiger partial charge in [-0.1, -0.05) is 6.92 Å². The van der Waals surface area contributed by atoms with Crippen LogP contribution in [0.2, 0.25) is 0 Å². The normalized spacial score (nSPS) is 27.0. The molecule has 0 radical (unpaired) electrons. The van der Waals surface area contributed by atoms with E-state index in [1.54, 1.807) is 0 Å². The van der Waals surface area contributed by atoms with Gasteiger partial charge in [-0.15, -0.1) is 11.3 Å². The fourth-order valence-corrected chi connectivity index (χ4v) is 3.08. The van der Waals surface area contributed by atoms with Gasteiger partial charge in [-0.05, 0) is 31.3 Å². The first-order valence-electron chi connectivity index (χ1n) is 5.22. The van der Waals surface area contributed by atoms with Crippen LogP contribution in [-0.4, -0.2) is 18.1 Å². The van der Waals surface area contributed by atoms with Crippen molar-refractivity contribution in [1.82, 2.24) is 10.3 Å². The minimum absolute atomic E-state index is 0.217. The van der Waals surface area contributed by atoms with E-state index >= 15 is 0 Å². The number of alkyl halides is 3. The maximum Gasteiger partial charge on any atom is 0.443 e. The number of rotatable bonds is 1. The fourth-order valence-electron chi connectivity index (χ4n) is 2.03. The van der Waals surface area contributed by atoms with Gasteiger partial charge in [-0.25, -0.2) is 4.98 Å². The van der Waals surface area contributed by atoms with Crippen molar-refractivity contribution in [2.75, 3.05) is 13.1 Å². The van der Waals surface area contributed by atoms with Gasteiger partial charge < -0.3 is 5.32 Å². The number of halogens is 3. The van der Waals surface area contributed by atoms with Crippen LogP contribution in [0.1, 0.15) is 29.1 Å². The molecule has 0 aliphatic carbocycles. The molecule has 0 saturated carbocycles. The Labute approximate surface area is 95.9 Å². The molecule has 0 amide bonds. The molecule has 1 aromatic rings. The average molecular weight is 250 g/mol. The maximum atomic E-state index is 12.4. The summed E-state index contributed by atoms with van der Waals surface area (Å²) in [6.45, 7) is 3.79. The molecule has 1 saturated heterocycles. The Bertz CT molecular complexity index is 361. The van der Waals surface area contributed by atoms with E-state index in [-0.39, 0.29) is 5.92 Å². The van der Waals surface area contributed by atoms with Crippen LogP contribution in [0.3, 0.4) is 0 Å². The monoisotopic (exact) mass is 250 g/mol. The molecule has 2 atom stereocenters. The lowest BCUT2D eigenvalue weighted by Crippen LogP contribution is -2.33. The van der Waals surface area contributed by atoms with Gasteiger partial charge in [0.15, 0.2) is 5.01 Å². The van der Waals surface area contributed by atoms with Crippen LogP contribution in [0.25, 0.3) is 0 Å². The Morgan fingerprint density at radius 3 is 2.81 bits per heavy atom. The summed E-state index contributed by atoms with van der Waals surface area (Å²) in [6.07, 6.45) is -2.03. The van der Waals surface area contributed by atoms with Crippen molar-refractivity contribution >= 4 is 11.3 Å². The van der Waals surface area contributed by atoms with E-state index in [9.17, 15) is 13.2 Å². The number of hydrogen-bond donors (Lipinski definition) is 1. The summed E-state index contributed by atoms with van der Waals surface area (Å²) in [4.78, 5) is 4.24. The van der Waals surface area contributed by atoms with E-state index in [4.69, 9.17) is 0 Å². The van der Waals surface area contributed by atoms with Gasteiger partial charge in [-0.3, -0.25) is 0 Å². The van der Waals surface area contributed by atoms with Gasteiger partial charge in [-0.2, -0.15) is 13.2 Å². The van der Waals surface area contributed by atoms with Gasteiger partial charge in [0.25, 0.3) is 0 Å². The Balaban J connectivity index is 2.18. The smallest absolute Gasteiger partial charge is 0.316 e. The number of nitrogens with one attached hydrogen (secondary N) is 1. The molecule has 6 heteroatoms. The van der Waals surface area contributed by atoms with E-state index in [2.05, 4.69) is 17.2 Å². The SMILES string of the molecule is CC1CNCCC1c1cnc(C(F)(F)F)s1. The highest BCUT2D eigenvalue weighted by Gasteiger charge is 2.36. The predicted molar refractivity (Wildman–Crippen MR) is 56.5 cm³/mol. The van der Waals surface area contributed by atoms with E-state index in [0.29, 0.717) is 5.92 Å². The third-order valence-corrected chi connectivity index (χ3v) is 4.09. The van der Waals surface area contributed by atoms with E-state index in [0.717, 1.165) is 35.7 Å². The summed E-state index contributed by atoms with van der Waals surface area (Å²) in [5, 5.41) is 2.50. The minimum atomic E-state index is -4.31. The number of aromatic nitrogens is 1. The van der Waals surface area contributed by atoms with Crippen molar-refractivity contribution < 1.29 is 13.2 Å². The molecule has 16 heavy (non-hydrogen) atoms. The number of thiazole rings is 1. The average Bonchev–Trinajstić information content (AvgIpc) is 2.66. The van der Waals surface area contributed by atoms with Crippen LogP contribution in [0.5, 0.6) is 0 Å². The number of piperidine rings is 1. The zero-order valence-corrected chi connectivity index (χ0v) is 9.66. The molecule has 90 valence electrons. The Kier molecular flexibility index (Phi) is 3.21. The highest BCUT2D eigenvalue weighted by molar-refractivity contribution is 7.11. The molecule has 1 fully saturated rings. The second kappa shape index (κ2) is 4.33. The Morgan fingerprint density at radius 1 is 1.50 bits per heavy atom. The third kappa shape index (κ3) is 2.38. The van der Waals surface area contributed by atoms with Crippen molar-refractivity contribution in [2.45, 2.75) is 25.4 Å². The fraction of sp³-hybridized carbons (Fsp3) is 0.700. The van der Waals surface area contributed by atoms with Gasteiger partial charge >= 0.3 is 6.18 Å². The summed E-state index contributed by atoms with van der Waals surface area (Å²) in [5.74, 6) is 0.588. The molecule has 1 N–H and O–H groups in total. The Morgan fingerprint density at radius 2 is 2.25 bits per heavy atom. The second-order valence-electron chi connectivity index (χ2n) is 4.14. The van der Waals surface area contributed by atoms with E-state index < -0.39 is 11.2 Å². The highest BCUT2D eigenvalue weighted by Crippen LogP contribution is 2.38. The Hall–Kier alpha value is -0.620. The molecule has 2 nitrogen and oxygen atoms in total. The molecule has 1 aliphatic rings. The first-order valence-corrected chi connectivity index (χ1v) is 6.04. The molecular formula is C10H13F3N2S. The molecule has 0 aromatic carbocycles. The summed E-state index contributed by atoms with van der Waals surface area (Å²) in [5.41, 5.74) is 0. The summed E-state index contributed by atoms with van der Waals surface area (Å²) in [7, 11) is 0. The van der Waals surface area contributed by atoms with Crippen LogP contribution < -0.4 is 5.32 Å². The largest absolute Gasteiger partial charge is 0.443 e. The van der Waals surface area contributed by atoms with Crippen LogP contribution >= 0.6 is 11.3 Å². The maximum absolute atomic E-state index is 12.4. The quantitative estimate of drug-likeness (QED) is 0.829. The molecule has 2 rings (SSSR count). The summed E-state index contributed by atoms with van der Waals surface area (Å²) < 4.78 is 37.2. The molecule has 2 unspecified atom stereocenters. The first kappa shape index (κ1) is 11.9. The standard InChI is InChI=1S/C10H13F3N2S/c1-6-4-14-3-2-7(6)8-5-15-9(16-8)10(11,12)13/h5-7,14H,2-4H2,1H3. The van der Waals surface area contributed by atoms with E-state index in [1.807, 2.05) is 0 Å². The molecule has 0 bridgehead atoms. The van der Waals surface area contributed by atoms with Crippen LogP contribution in [0.15, 0.2) is 6.20 Å². The van der Waals surface area contributed by atoms with Crippen molar-refractivity contribution in [3.63, 3.8) is 0 Å². The number of nitrogens with zero attached hydrogens (tertiary/aromatic N) is 1. The molecule has 1 aliphatic heterocycles. The van der Waals surface area contributed by atoms with Crippen molar-refractivity contribution in [2.24, 2.45) is 5.92 Å². The van der Waals surface area contributed by atoms with Gasteiger partial charge in [0.1, 0.15) is 0 Å². The van der Waals surface area contributed by atoms with Crippen molar-refractivity contribution in [3.8, 4) is 0 Å². The topological polar surface area (TPSA) is 24.9 Å². The molecular weight excluding hydrogens is 237 g/mol. The third-order valence-electron chi connectivity index (χ3n) is 2.92. The first-order chi connectivity index (χ1) is 7.48. The van der Waals surface area contributed by atoms with Gasteiger partial charge in [0, 0.05) is 11.1 Å². The lowest BCUT2D eigenvalue weighted by Gasteiger charge is -2.28. The highest BCUT2D eigenvalue weighted by atomic mass is 32.1. The lowest BCUT2D eigenvalue weighted by atomic mass is 9.87. The second-order valence-corrected chi connectivity index (χ2v) is 5.20. The molecule has 2 heterocycles. The van der Waals surface area contributed by atoms with Crippen molar-refractivity contribution in [3.05, 3.63) is 16.1 Å². The zero-order valence-electron chi connectivity index (χ0n) is 8.84. The van der Waals surface area contributed by atoms with Crippen LogP contribution in [-0.2, 0) is 6.18 Å². The van der Waals surface area contributed by atoms with E-state index in [1.165, 1.54) is 6.20 Å². The lowest BCUT2D eigenvalue weighted by molar-refractivity contribution is -0.137. The molecule has 1 aromatic heterocycles. The van der Waals surface area contributed by atoms with Crippen LogP contribution in [0, 0.1) is 5.92 Å². The van der Waals surface area contributed by atoms with Crippen molar-refractivity contribution in [1.29, 1.82) is 0 Å². The van der Waals surface area contributed by atoms with Crippen LogP contribution in [0.4, 0.5) is 13.2 Å². The summed E-state index contributed by atoms with van der Waals surface area (Å²) in [6, 6.07) is 0. The molecule has 0 spiro atoms. The van der Waals surface area contributed by atoms with Gasteiger partial charge in [0.05, 0.1) is 0 Å². The zero-order chi connectivity index (χ0) is 11.8. The predicted octanol–water partition coefficient (Wildman–Crippen LogP) is 2.87. The minimum Gasteiger partial charge on any atom is -0.316 e. The number of hydrogen-bond acceptors (Lipinski definition) is 3. The summed E-state index contributed by atoms with van der Waals surface area (Å²) >= 11 is 0.786.